The van der Waals surface area contributed by atoms with Crippen molar-refractivity contribution < 1.29 is 14.9 Å². The van der Waals surface area contributed by atoms with Gasteiger partial charge in [-0.25, -0.2) is 0 Å². The molecule has 1 aromatic carbocycles. The third-order valence-electron chi connectivity index (χ3n) is 10.5. The van der Waals surface area contributed by atoms with Crippen LogP contribution in [0.3, 0.4) is 0 Å². The minimum absolute atomic E-state index is 0.0490. The molecule has 0 aliphatic heterocycles. The highest BCUT2D eigenvalue weighted by molar-refractivity contribution is 6.30. The fourth-order valence-corrected chi connectivity index (χ4v) is 8.93. The first-order valence-corrected chi connectivity index (χ1v) is 12.9. The van der Waals surface area contributed by atoms with Gasteiger partial charge in [0.15, 0.2) is 0 Å². The van der Waals surface area contributed by atoms with Crippen LogP contribution in [0.1, 0.15) is 77.2 Å². The molecule has 0 amide bonds. The molecular weight excluding hydrogens is 408 g/mol. The van der Waals surface area contributed by atoms with E-state index in [1.807, 2.05) is 24.3 Å². The summed E-state index contributed by atoms with van der Waals surface area (Å²) in [6.07, 6.45) is 10.8. The Hall–Kier alpha value is -0.610. The fourth-order valence-electron chi connectivity index (χ4n) is 8.81. The predicted molar refractivity (Wildman–Crippen MR) is 124 cm³/mol. The smallest absolute Gasteiger partial charge is 0.0952 e. The van der Waals surface area contributed by atoms with Crippen molar-refractivity contribution in [1.82, 2.24) is 0 Å². The van der Waals surface area contributed by atoms with Crippen molar-refractivity contribution >= 4 is 11.6 Å². The van der Waals surface area contributed by atoms with Crippen LogP contribution in [0.25, 0.3) is 0 Å². The minimum atomic E-state index is -0.735. The number of fused-ring (bicyclic) bond motifs is 5. The van der Waals surface area contributed by atoms with Crippen molar-refractivity contribution in [2.75, 3.05) is 13.2 Å². The first-order chi connectivity index (χ1) is 14.8. The largest absolute Gasteiger partial charge is 0.394 e. The number of aliphatic hydroxyl groups is 2. The summed E-state index contributed by atoms with van der Waals surface area (Å²) in [5.41, 5.74) is 0.680. The van der Waals surface area contributed by atoms with Crippen LogP contribution in [-0.2, 0) is 10.3 Å². The van der Waals surface area contributed by atoms with Gasteiger partial charge in [0.1, 0.15) is 0 Å². The summed E-state index contributed by atoms with van der Waals surface area (Å²) < 4.78 is 5.94. The van der Waals surface area contributed by atoms with E-state index in [-0.39, 0.29) is 12.0 Å². The number of halogens is 1. The van der Waals surface area contributed by atoms with Gasteiger partial charge in [-0.2, -0.15) is 0 Å². The molecule has 8 atom stereocenters. The summed E-state index contributed by atoms with van der Waals surface area (Å²) in [4.78, 5) is 0. The molecule has 3 nitrogen and oxygen atoms in total. The Balaban J connectivity index is 1.38. The molecule has 4 aliphatic carbocycles. The maximum absolute atomic E-state index is 12.0. The van der Waals surface area contributed by atoms with Gasteiger partial charge in [-0.1, -0.05) is 37.6 Å². The summed E-state index contributed by atoms with van der Waals surface area (Å²) in [6.45, 7) is 5.55. The van der Waals surface area contributed by atoms with E-state index in [1.54, 1.807) is 0 Å². The Morgan fingerprint density at radius 3 is 2.45 bits per heavy atom. The van der Waals surface area contributed by atoms with Crippen LogP contribution in [0.4, 0.5) is 0 Å². The Labute approximate surface area is 192 Å². The van der Waals surface area contributed by atoms with Crippen LogP contribution < -0.4 is 0 Å². The van der Waals surface area contributed by atoms with E-state index >= 15 is 0 Å². The first kappa shape index (κ1) is 22.2. The zero-order valence-electron chi connectivity index (χ0n) is 19.2. The monoisotopic (exact) mass is 446 g/mol. The molecule has 4 saturated carbocycles. The van der Waals surface area contributed by atoms with Gasteiger partial charge in [-0.05, 0) is 105 Å². The lowest BCUT2D eigenvalue weighted by molar-refractivity contribution is -0.165. The summed E-state index contributed by atoms with van der Waals surface area (Å²) >= 11 is 6.14. The van der Waals surface area contributed by atoms with Gasteiger partial charge >= 0.3 is 0 Å². The molecule has 0 radical (unpaired) electrons. The third kappa shape index (κ3) is 3.33. The van der Waals surface area contributed by atoms with Gasteiger partial charge in [0.2, 0.25) is 0 Å². The van der Waals surface area contributed by atoms with Gasteiger partial charge in [-0.3, -0.25) is 0 Å². The van der Waals surface area contributed by atoms with Gasteiger partial charge in [-0.15, -0.1) is 0 Å². The number of rotatable bonds is 4. The lowest BCUT2D eigenvalue weighted by Crippen LogP contribution is -2.56. The number of ether oxygens (including phenoxy) is 1. The topological polar surface area (TPSA) is 49.7 Å². The molecule has 172 valence electrons. The second-order valence-corrected chi connectivity index (χ2v) is 11.9. The SMILES string of the molecule is C[C@]12CC[C@H](OCCO)CC1CC[C@@H]1[C@@H]2CC[C@@]2(C)[C@H]1CC[C@@]2(O)c1ccc(Cl)cc1. The molecule has 5 rings (SSSR count). The minimum Gasteiger partial charge on any atom is -0.394 e. The van der Waals surface area contributed by atoms with Crippen molar-refractivity contribution in [2.24, 2.45) is 34.5 Å². The molecule has 2 N–H and O–H groups in total. The molecule has 1 unspecified atom stereocenters. The lowest BCUT2D eigenvalue weighted by Gasteiger charge is -2.61. The highest BCUT2D eigenvalue weighted by Crippen LogP contribution is 2.70. The molecular formula is C27H39ClO3. The standard InChI is InChI=1S/C27H39ClO3/c1-25-12-9-21(31-16-15-29)17-19(25)5-8-22-23(25)10-13-26(2)24(22)11-14-27(26,30)18-3-6-20(28)7-4-18/h3-4,6-7,19,21-24,29-30H,5,8-17H2,1-2H3/t19?,21-,22+,23-,24-,25-,26-,27+/m0/s1. The van der Waals surface area contributed by atoms with Crippen LogP contribution in [0.2, 0.25) is 5.02 Å². The van der Waals surface area contributed by atoms with E-state index in [0.717, 1.165) is 60.4 Å². The second-order valence-electron chi connectivity index (χ2n) is 11.5. The second kappa shape index (κ2) is 8.01. The van der Waals surface area contributed by atoms with Crippen molar-refractivity contribution in [3.8, 4) is 0 Å². The number of benzene rings is 1. The fraction of sp³-hybridized carbons (Fsp3) is 0.778. The first-order valence-electron chi connectivity index (χ1n) is 12.5. The maximum Gasteiger partial charge on any atom is 0.0952 e. The molecule has 0 heterocycles. The van der Waals surface area contributed by atoms with Crippen LogP contribution in [0, 0.1) is 34.5 Å². The average molecular weight is 447 g/mol. The molecule has 0 bridgehead atoms. The summed E-state index contributed by atoms with van der Waals surface area (Å²) in [7, 11) is 0. The Bertz CT molecular complexity index is 796. The molecule has 4 aliphatic rings. The molecule has 31 heavy (non-hydrogen) atoms. The van der Waals surface area contributed by atoms with E-state index in [4.69, 9.17) is 21.4 Å². The predicted octanol–water partition coefficient (Wildman–Crippen LogP) is 5.95. The van der Waals surface area contributed by atoms with Gasteiger partial charge in [0, 0.05) is 10.4 Å². The quantitative estimate of drug-likeness (QED) is 0.600. The Morgan fingerprint density at radius 2 is 1.71 bits per heavy atom. The van der Waals surface area contributed by atoms with Crippen LogP contribution in [0.5, 0.6) is 0 Å². The van der Waals surface area contributed by atoms with Crippen LogP contribution in [0.15, 0.2) is 24.3 Å². The van der Waals surface area contributed by atoms with E-state index in [2.05, 4.69) is 13.8 Å². The highest BCUT2D eigenvalue weighted by atomic mass is 35.5. The van der Waals surface area contributed by atoms with E-state index in [1.165, 1.54) is 25.7 Å². The van der Waals surface area contributed by atoms with Gasteiger partial charge in [0.05, 0.1) is 24.9 Å². The van der Waals surface area contributed by atoms with Crippen LogP contribution in [-0.4, -0.2) is 29.5 Å². The van der Waals surface area contributed by atoms with Crippen molar-refractivity contribution in [1.29, 1.82) is 0 Å². The Morgan fingerprint density at radius 1 is 0.968 bits per heavy atom. The van der Waals surface area contributed by atoms with E-state index in [0.29, 0.717) is 24.0 Å². The molecule has 1 aromatic rings. The molecule has 4 fully saturated rings. The molecule has 4 heteroatoms. The van der Waals surface area contributed by atoms with Crippen molar-refractivity contribution in [2.45, 2.75) is 83.3 Å². The van der Waals surface area contributed by atoms with Gasteiger partial charge < -0.3 is 14.9 Å². The zero-order chi connectivity index (χ0) is 21.9. The summed E-state index contributed by atoms with van der Waals surface area (Å²) in [5.74, 6) is 2.85. The van der Waals surface area contributed by atoms with Crippen molar-refractivity contribution in [3.63, 3.8) is 0 Å². The average Bonchev–Trinajstić information content (AvgIpc) is 3.04. The van der Waals surface area contributed by atoms with Crippen LogP contribution >= 0.6 is 11.6 Å². The van der Waals surface area contributed by atoms with Crippen molar-refractivity contribution in [3.05, 3.63) is 34.9 Å². The molecule has 0 aromatic heterocycles. The number of hydrogen-bond donors (Lipinski definition) is 2. The molecule has 0 spiro atoms. The highest BCUT2D eigenvalue weighted by Gasteiger charge is 2.65. The third-order valence-corrected chi connectivity index (χ3v) is 10.8. The summed E-state index contributed by atoms with van der Waals surface area (Å²) in [5, 5.41) is 21.9. The van der Waals surface area contributed by atoms with E-state index in [9.17, 15) is 5.11 Å². The normalized spacial score (nSPS) is 46.8. The Kier molecular flexibility index (Phi) is 5.73. The van der Waals surface area contributed by atoms with E-state index < -0.39 is 5.60 Å². The maximum atomic E-state index is 12.0. The van der Waals surface area contributed by atoms with Gasteiger partial charge in [0.25, 0.3) is 0 Å². The number of hydrogen-bond acceptors (Lipinski definition) is 3. The summed E-state index contributed by atoms with van der Waals surface area (Å²) in [6, 6.07) is 7.96. The number of aliphatic hydroxyl groups excluding tert-OH is 1. The zero-order valence-corrected chi connectivity index (χ0v) is 19.9. The lowest BCUT2D eigenvalue weighted by atomic mass is 9.44. The molecule has 0 saturated heterocycles.